The molecule has 2 aromatic heterocycles. The van der Waals surface area contributed by atoms with Crippen LogP contribution in [0.25, 0.3) is 16.7 Å². The summed E-state index contributed by atoms with van der Waals surface area (Å²) in [5.41, 5.74) is 2.31. The first-order valence-electron chi connectivity index (χ1n) is 11.1. The van der Waals surface area contributed by atoms with E-state index in [0.29, 0.717) is 30.5 Å². The summed E-state index contributed by atoms with van der Waals surface area (Å²) in [4.78, 5) is 16.2. The van der Waals surface area contributed by atoms with Gasteiger partial charge in [0.2, 0.25) is 0 Å². The fourth-order valence-corrected chi connectivity index (χ4v) is 3.78. The van der Waals surface area contributed by atoms with Crippen LogP contribution in [-0.2, 0) is 4.74 Å². The Labute approximate surface area is 182 Å². The van der Waals surface area contributed by atoms with Crippen LogP contribution in [0.15, 0.2) is 36.4 Å². The number of ether oxygens (including phenoxy) is 2. The molecule has 0 radical (unpaired) electrons. The molecule has 0 amide bonds. The third kappa shape index (κ3) is 4.71. The maximum Gasteiger partial charge on any atom is 0.354 e. The highest BCUT2D eigenvalue weighted by molar-refractivity contribution is 5.94. The van der Waals surface area contributed by atoms with E-state index < -0.39 is 5.97 Å². The van der Waals surface area contributed by atoms with Crippen molar-refractivity contribution in [3.63, 3.8) is 0 Å². The molecule has 1 fully saturated rings. The summed E-state index contributed by atoms with van der Waals surface area (Å²) in [5.74, 6) is -0.165. The Bertz CT molecular complexity index is 1030. The second kappa shape index (κ2) is 9.92. The molecule has 0 saturated heterocycles. The standard InChI is InChI=1S/C24H29N3O4/c1-2-13-30-14-6-7-15-31-20-16-19(24(28)29)25-23-21(20)22(17-9-8-10-17)26-27(23)18-11-4-3-5-12-18/h3-5,11-12,16-17H,2,6-10,13-15H2,1H3,(H,28,29). The van der Waals surface area contributed by atoms with E-state index in [9.17, 15) is 9.90 Å². The SMILES string of the molecule is CCCOCCCCOc1cc(C(=O)O)nc2c1c(C1CCC1)nn2-c1ccccc1. The molecule has 0 spiro atoms. The number of nitrogens with zero attached hydrogens (tertiary/aromatic N) is 3. The van der Waals surface area contributed by atoms with Gasteiger partial charge in [0.25, 0.3) is 0 Å². The zero-order valence-electron chi connectivity index (χ0n) is 17.9. The largest absolute Gasteiger partial charge is 0.493 e. The molecule has 0 atom stereocenters. The van der Waals surface area contributed by atoms with Gasteiger partial charge in [-0.1, -0.05) is 31.5 Å². The van der Waals surface area contributed by atoms with Crippen LogP contribution in [0.4, 0.5) is 0 Å². The second-order valence-electron chi connectivity index (χ2n) is 7.94. The Kier molecular flexibility index (Phi) is 6.82. The number of aromatic carboxylic acids is 1. The predicted molar refractivity (Wildman–Crippen MR) is 118 cm³/mol. The van der Waals surface area contributed by atoms with E-state index in [2.05, 4.69) is 11.9 Å². The Balaban J connectivity index is 1.68. The number of aromatic nitrogens is 3. The van der Waals surface area contributed by atoms with E-state index in [0.717, 1.165) is 55.5 Å². The first-order chi connectivity index (χ1) is 15.2. The van der Waals surface area contributed by atoms with Crippen molar-refractivity contribution >= 4 is 17.0 Å². The van der Waals surface area contributed by atoms with Gasteiger partial charge in [0.15, 0.2) is 11.3 Å². The van der Waals surface area contributed by atoms with Crippen LogP contribution in [0.5, 0.6) is 5.75 Å². The maximum atomic E-state index is 11.8. The number of para-hydroxylation sites is 1. The molecular weight excluding hydrogens is 394 g/mol. The summed E-state index contributed by atoms with van der Waals surface area (Å²) in [5, 5.41) is 15.3. The van der Waals surface area contributed by atoms with E-state index in [1.165, 1.54) is 12.5 Å². The maximum absolute atomic E-state index is 11.8. The lowest BCUT2D eigenvalue weighted by molar-refractivity contribution is 0.0690. The Hall–Kier alpha value is -2.93. The van der Waals surface area contributed by atoms with E-state index >= 15 is 0 Å². The van der Waals surface area contributed by atoms with Crippen molar-refractivity contribution in [1.29, 1.82) is 0 Å². The molecular formula is C24H29N3O4. The van der Waals surface area contributed by atoms with Crippen molar-refractivity contribution in [1.82, 2.24) is 14.8 Å². The topological polar surface area (TPSA) is 86.5 Å². The van der Waals surface area contributed by atoms with Gasteiger partial charge in [-0.05, 0) is 44.2 Å². The van der Waals surface area contributed by atoms with E-state index in [4.69, 9.17) is 14.6 Å². The Morgan fingerprint density at radius 3 is 2.61 bits per heavy atom. The minimum absolute atomic E-state index is 0.0361. The van der Waals surface area contributed by atoms with Crippen LogP contribution in [0, 0.1) is 0 Å². The zero-order valence-corrected chi connectivity index (χ0v) is 17.9. The number of carboxylic acids is 1. The third-order valence-electron chi connectivity index (χ3n) is 5.63. The summed E-state index contributed by atoms with van der Waals surface area (Å²) in [6.45, 7) is 4.07. The van der Waals surface area contributed by atoms with Crippen LogP contribution >= 0.6 is 0 Å². The number of carboxylic acid groups (broad SMARTS) is 1. The molecule has 1 aromatic carbocycles. The number of hydrogen-bond acceptors (Lipinski definition) is 5. The Morgan fingerprint density at radius 2 is 1.94 bits per heavy atom. The van der Waals surface area contributed by atoms with E-state index in [-0.39, 0.29) is 5.69 Å². The molecule has 7 nitrogen and oxygen atoms in total. The molecule has 0 aliphatic heterocycles. The number of carbonyl (C=O) groups is 1. The van der Waals surface area contributed by atoms with Gasteiger partial charge in [0.1, 0.15) is 5.75 Å². The van der Waals surface area contributed by atoms with Gasteiger partial charge in [-0.25, -0.2) is 14.5 Å². The normalized spacial score (nSPS) is 14.0. The van der Waals surface area contributed by atoms with Crippen LogP contribution < -0.4 is 4.74 Å². The lowest BCUT2D eigenvalue weighted by Crippen LogP contribution is -2.11. The molecule has 2 heterocycles. The number of benzene rings is 1. The van der Waals surface area contributed by atoms with Crippen LogP contribution in [0.2, 0.25) is 0 Å². The van der Waals surface area contributed by atoms with Crippen LogP contribution in [0.1, 0.15) is 67.5 Å². The third-order valence-corrected chi connectivity index (χ3v) is 5.63. The number of unbranched alkanes of at least 4 members (excludes halogenated alkanes) is 1. The monoisotopic (exact) mass is 423 g/mol. The molecule has 0 bridgehead atoms. The zero-order chi connectivity index (χ0) is 21.6. The molecule has 1 saturated carbocycles. The lowest BCUT2D eigenvalue weighted by atomic mass is 9.82. The average molecular weight is 424 g/mol. The van der Waals surface area contributed by atoms with Gasteiger partial charge in [-0.3, -0.25) is 0 Å². The summed E-state index contributed by atoms with van der Waals surface area (Å²) in [6, 6.07) is 11.2. The second-order valence-corrected chi connectivity index (χ2v) is 7.94. The fraction of sp³-hybridized carbons (Fsp3) is 0.458. The van der Waals surface area contributed by atoms with Crippen molar-refractivity contribution in [3.8, 4) is 11.4 Å². The van der Waals surface area contributed by atoms with Gasteiger partial charge in [-0.15, -0.1) is 0 Å². The summed E-state index contributed by atoms with van der Waals surface area (Å²) in [7, 11) is 0. The molecule has 0 unspecified atom stereocenters. The molecule has 1 aliphatic carbocycles. The number of fused-ring (bicyclic) bond motifs is 1. The van der Waals surface area contributed by atoms with Crippen molar-refractivity contribution in [3.05, 3.63) is 47.8 Å². The smallest absolute Gasteiger partial charge is 0.354 e. The van der Waals surface area contributed by atoms with Crippen LogP contribution in [-0.4, -0.2) is 45.7 Å². The fourth-order valence-electron chi connectivity index (χ4n) is 3.78. The summed E-state index contributed by atoms with van der Waals surface area (Å²) in [6.07, 6.45) is 6.09. The van der Waals surface area contributed by atoms with Gasteiger partial charge in [0.05, 0.1) is 23.4 Å². The number of hydrogen-bond donors (Lipinski definition) is 1. The quantitative estimate of drug-likeness (QED) is 0.438. The first-order valence-corrected chi connectivity index (χ1v) is 11.1. The molecule has 7 heteroatoms. The molecule has 164 valence electrons. The van der Waals surface area contributed by atoms with Gasteiger partial charge in [0, 0.05) is 25.2 Å². The predicted octanol–water partition coefficient (Wildman–Crippen LogP) is 4.97. The lowest BCUT2D eigenvalue weighted by Gasteiger charge is -2.24. The van der Waals surface area contributed by atoms with Crippen molar-refractivity contribution in [2.75, 3.05) is 19.8 Å². The summed E-state index contributed by atoms with van der Waals surface area (Å²) >= 11 is 0. The van der Waals surface area contributed by atoms with Gasteiger partial charge < -0.3 is 14.6 Å². The van der Waals surface area contributed by atoms with E-state index in [1.807, 2.05) is 30.3 Å². The molecule has 1 N–H and O–H groups in total. The highest BCUT2D eigenvalue weighted by Crippen LogP contribution is 2.42. The molecule has 3 aromatic rings. The molecule has 1 aliphatic rings. The highest BCUT2D eigenvalue weighted by Gasteiger charge is 2.29. The highest BCUT2D eigenvalue weighted by atomic mass is 16.5. The minimum atomic E-state index is -1.08. The van der Waals surface area contributed by atoms with Gasteiger partial charge in [-0.2, -0.15) is 5.10 Å². The van der Waals surface area contributed by atoms with Crippen molar-refractivity contribution < 1.29 is 19.4 Å². The van der Waals surface area contributed by atoms with Crippen LogP contribution in [0.3, 0.4) is 0 Å². The Morgan fingerprint density at radius 1 is 1.16 bits per heavy atom. The average Bonchev–Trinajstić information content (AvgIpc) is 3.11. The van der Waals surface area contributed by atoms with Gasteiger partial charge >= 0.3 is 5.97 Å². The summed E-state index contributed by atoms with van der Waals surface area (Å²) < 4.78 is 13.4. The van der Waals surface area contributed by atoms with E-state index in [1.54, 1.807) is 4.68 Å². The first kappa shape index (κ1) is 21.3. The minimum Gasteiger partial charge on any atom is -0.493 e. The molecule has 4 rings (SSSR count). The van der Waals surface area contributed by atoms with Crippen molar-refractivity contribution in [2.45, 2.75) is 51.4 Å². The number of pyridine rings is 1. The molecule has 31 heavy (non-hydrogen) atoms. The van der Waals surface area contributed by atoms with Crippen molar-refractivity contribution in [2.24, 2.45) is 0 Å². The number of rotatable bonds is 11.